The molecule has 2 rings (SSSR count). The van der Waals surface area contributed by atoms with E-state index < -0.39 is 28.2 Å². The number of hydrogen-bond donors (Lipinski definition) is 0. The van der Waals surface area contributed by atoms with Gasteiger partial charge in [0.25, 0.3) is 0 Å². The zero-order valence-electron chi connectivity index (χ0n) is 11.0. The maximum atomic E-state index is 12.2. The van der Waals surface area contributed by atoms with Gasteiger partial charge in [-0.3, -0.25) is 0 Å². The molecule has 0 aliphatic carbocycles. The van der Waals surface area contributed by atoms with E-state index in [1.165, 1.54) is 16.2 Å². The fourth-order valence-corrected chi connectivity index (χ4v) is 10.3. The molecule has 0 fully saturated rings. The molecule has 0 radical (unpaired) electrons. The van der Waals surface area contributed by atoms with Crippen LogP contribution in [-0.2, 0) is 9.84 Å². The van der Waals surface area contributed by atoms with Crippen molar-refractivity contribution in [3.05, 3.63) is 10.9 Å². The number of nitrogens with zero attached hydrogens (tertiary/aromatic N) is 1. The molecular weight excluding hydrogens is 377 g/mol. The summed E-state index contributed by atoms with van der Waals surface area (Å²) >= 11 is -0.945. The summed E-state index contributed by atoms with van der Waals surface area (Å²) in [4.78, 5) is 21.0. The molecule has 4 nitrogen and oxygen atoms in total. The number of sulfone groups is 1. The summed E-state index contributed by atoms with van der Waals surface area (Å²) in [6.07, 6.45) is 0. The Hall–Kier alpha value is -0.0813. The maximum absolute atomic E-state index is 12.2. The molecule has 0 N–H and O–H groups in total. The second-order valence-corrected chi connectivity index (χ2v) is 24.1. The van der Waals surface area contributed by atoms with Gasteiger partial charge in [0.15, 0.2) is 0 Å². The molecule has 0 bridgehead atoms. The number of hydrogen-bond acceptors (Lipinski definition) is 4. The van der Waals surface area contributed by atoms with Gasteiger partial charge in [0, 0.05) is 0 Å². The number of carbonyl (C=O) groups excluding carboxylic acids is 1. The summed E-state index contributed by atoms with van der Waals surface area (Å²) in [6, 6.07) is 1.77. The Labute approximate surface area is 116 Å². The third-order valence-corrected chi connectivity index (χ3v) is 15.4. The molecule has 7 heteroatoms. The van der Waals surface area contributed by atoms with Crippen molar-refractivity contribution in [2.45, 2.75) is 19.7 Å². The van der Waals surface area contributed by atoms with Gasteiger partial charge >= 0.3 is 116 Å². The van der Waals surface area contributed by atoms with Gasteiger partial charge in [-0.2, -0.15) is 0 Å². The number of carbonyl (C=O) groups is 1. The van der Waals surface area contributed by atoms with Crippen LogP contribution in [0.3, 0.4) is 0 Å². The zero-order valence-corrected chi connectivity index (χ0v) is 15.5. The van der Waals surface area contributed by atoms with Gasteiger partial charge in [-0.1, -0.05) is 0 Å². The van der Waals surface area contributed by atoms with E-state index in [0.717, 1.165) is 2.89 Å². The van der Waals surface area contributed by atoms with Crippen LogP contribution in [0, 0.1) is 0 Å². The molecule has 1 aromatic heterocycles. The van der Waals surface area contributed by atoms with Crippen LogP contribution >= 0.6 is 11.3 Å². The summed E-state index contributed by atoms with van der Waals surface area (Å²) in [5, 5.41) is 0. The van der Waals surface area contributed by atoms with E-state index in [-0.39, 0.29) is 23.1 Å². The van der Waals surface area contributed by atoms with E-state index in [4.69, 9.17) is 0 Å². The van der Waals surface area contributed by atoms with Crippen LogP contribution < -0.4 is 2.89 Å². The Morgan fingerprint density at radius 1 is 1.33 bits per heavy atom. The molecule has 0 saturated heterocycles. The van der Waals surface area contributed by atoms with E-state index >= 15 is 0 Å². The Morgan fingerprint density at radius 2 is 1.94 bits per heavy atom. The van der Waals surface area contributed by atoms with Gasteiger partial charge in [-0.15, -0.1) is 0 Å². The van der Waals surface area contributed by atoms with E-state index in [1.54, 1.807) is 13.1 Å². The van der Waals surface area contributed by atoms with Crippen molar-refractivity contribution < 1.29 is 13.2 Å². The summed E-state index contributed by atoms with van der Waals surface area (Å²) in [6.45, 7) is 0.275. The first-order chi connectivity index (χ1) is 8.13. The summed E-state index contributed by atoms with van der Waals surface area (Å²) in [5.74, 6) is -0.129. The Kier molecular flexibility index (Phi) is 3.57. The minimum atomic E-state index is -3.30. The fraction of sp³-hybridized carbons (Fsp3) is 0.545. The first-order valence-electron chi connectivity index (χ1n) is 5.75. The van der Waals surface area contributed by atoms with Crippen molar-refractivity contribution >= 4 is 48.4 Å². The van der Waals surface area contributed by atoms with E-state index in [1.807, 2.05) is 0 Å². The molecule has 1 amide bonds. The molecule has 1 aliphatic heterocycles. The molecular formula is C11H17NO3S2Sn. The van der Waals surface area contributed by atoms with Crippen LogP contribution in [0.15, 0.2) is 11.0 Å². The molecule has 0 saturated carbocycles. The SMILES string of the molecule is CN1CCS(=O)(=O)c2c[c]([Sn]([CH3])([CH3])[CH3])sc2C1=O. The van der Waals surface area contributed by atoms with E-state index in [0.29, 0.717) is 4.88 Å². The van der Waals surface area contributed by atoms with Crippen LogP contribution in [-0.4, -0.2) is 56.9 Å². The molecule has 18 heavy (non-hydrogen) atoms. The summed E-state index contributed by atoms with van der Waals surface area (Å²) in [7, 11) is -1.64. The van der Waals surface area contributed by atoms with Crippen molar-refractivity contribution in [2.75, 3.05) is 19.3 Å². The first kappa shape index (κ1) is 14.3. The van der Waals surface area contributed by atoms with Crippen LogP contribution in [0.4, 0.5) is 0 Å². The normalized spacial score (nSPS) is 19.6. The third kappa shape index (κ3) is 2.46. The first-order valence-corrected chi connectivity index (χ1v) is 18.2. The number of thiophene rings is 1. The van der Waals surface area contributed by atoms with Crippen molar-refractivity contribution in [3.8, 4) is 0 Å². The molecule has 1 aromatic rings. The number of fused-ring (bicyclic) bond motifs is 1. The van der Waals surface area contributed by atoms with Crippen LogP contribution in [0.1, 0.15) is 9.67 Å². The summed E-state index contributed by atoms with van der Waals surface area (Å²) < 4.78 is 25.5. The predicted molar refractivity (Wildman–Crippen MR) is 76.3 cm³/mol. The second-order valence-electron chi connectivity index (χ2n) is 5.60. The van der Waals surface area contributed by atoms with Crippen LogP contribution in [0.5, 0.6) is 0 Å². The Balaban J connectivity index is 2.67. The van der Waals surface area contributed by atoms with Crippen LogP contribution in [0.25, 0.3) is 0 Å². The van der Waals surface area contributed by atoms with E-state index in [2.05, 4.69) is 14.8 Å². The van der Waals surface area contributed by atoms with Gasteiger partial charge in [-0.05, 0) is 0 Å². The molecule has 0 unspecified atom stereocenters. The second kappa shape index (κ2) is 4.48. The standard InChI is InChI=1S/C8H8NO3S2.3CH3.Sn/c1-9-3-5-14(11,12)6-2-4-13-7(6)8(9)10;;;;/h2H,3,5H2,1H3;3*1H3;. The topological polar surface area (TPSA) is 54.5 Å². The monoisotopic (exact) mass is 395 g/mol. The minimum absolute atomic E-state index is 0.0259. The molecule has 0 spiro atoms. The van der Waals surface area contributed by atoms with Crippen molar-refractivity contribution in [1.29, 1.82) is 0 Å². The molecule has 2 heterocycles. The van der Waals surface area contributed by atoms with Gasteiger partial charge in [0.05, 0.1) is 0 Å². The zero-order chi connectivity index (χ0) is 13.7. The number of amides is 1. The van der Waals surface area contributed by atoms with Crippen LogP contribution in [0.2, 0.25) is 14.8 Å². The van der Waals surface area contributed by atoms with Gasteiger partial charge < -0.3 is 0 Å². The average molecular weight is 394 g/mol. The van der Waals surface area contributed by atoms with Crippen molar-refractivity contribution in [3.63, 3.8) is 0 Å². The summed E-state index contributed by atoms with van der Waals surface area (Å²) in [5.41, 5.74) is 0. The molecule has 0 atom stereocenters. The van der Waals surface area contributed by atoms with Crippen molar-refractivity contribution in [1.82, 2.24) is 4.90 Å². The average Bonchev–Trinajstić information content (AvgIpc) is 2.66. The third-order valence-electron chi connectivity index (χ3n) is 3.01. The fourth-order valence-electron chi connectivity index (χ4n) is 1.77. The quantitative estimate of drug-likeness (QED) is 0.672. The number of rotatable bonds is 1. The molecule has 1 aliphatic rings. The predicted octanol–water partition coefficient (Wildman–Crippen LogP) is 1.15. The van der Waals surface area contributed by atoms with Crippen molar-refractivity contribution in [2.24, 2.45) is 0 Å². The van der Waals surface area contributed by atoms with Gasteiger partial charge in [0.1, 0.15) is 0 Å². The Bertz CT molecular complexity index is 598. The van der Waals surface area contributed by atoms with Gasteiger partial charge in [0.2, 0.25) is 0 Å². The van der Waals surface area contributed by atoms with Gasteiger partial charge in [-0.25, -0.2) is 0 Å². The molecule has 100 valence electrons. The van der Waals surface area contributed by atoms with E-state index in [9.17, 15) is 13.2 Å². The Morgan fingerprint density at radius 3 is 2.50 bits per heavy atom. The molecule has 0 aromatic carbocycles.